The van der Waals surface area contributed by atoms with Gasteiger partial charge < -0.3 is 4.98 Å². The number of nitrogens with zero attached hydrogens (tertiary/aromatic N) is 2. The molecule has 4 nitrogen and oxygen atoms in total. The van der Waals surface area contributed by atoms with Crippen LogP contribution in [0.2, 0.25) is 0 Å². The molecule has 132 valence electrons. The Morgan fingerprint density at radius 1 is 1.15 bits per heavy atom. The number of H-pyrrole nitrogens is 1. The van der Waals surface area contributed by atoms with Crippen LogP contribution in [-0.4, -0.2) is 9.97 Å². The lowest BCUT2D eigenvalue weighted by atomic mass is 9.93. The number of nitriles is 1. The number of pyridine rings is 1. The van der Waals surface area contributed by atoms with Gasteiger partial charge in [-0.15, -0.1) is 11.3 Å². The second-order valence-electron chi connectivity index (χ2n) is 6.38. The van der Waals surface area contributed by atoms with Gasteiger partial charge in [-0.2, -0.15) is 5.26 Å². The van der Waals surface area contributed by atoms with Crippen LogP contribution in [0.15, 0.2) is 52.6 Å². The van der Waals surface area contributed by atoms with Gasteiger partial charge in [0.15, 0.2) is 0 Å². The Balaban J connectivity index is 2.13. The highest BCUT2D eigenvalue weighted by molar-refractivity contribution is 7.09. The van der Waals surface area contributed by atoms with Gasteiger partial charge in [-0.25, -0.2) is 4.98 Å². The van der Waals surface area contributed by atoms with E-state index in [4.69, 9.17) is 0 Å². The summed E-state index contributed by atoms with van der Waals surface area (Å²) in [5.74, 6) is 0. The minimum atomic E-state index is -0.174. The van der Waals surface area contributed by atoms with Gasteiger partial charge in [0, 0.05) is 21.8 Å². The predicted molar refractivity (Wildman–Crippen MR) is 110 cm³/mol. The van der Waals surface area contributed by atoms with Crippen molar-refractivity contribution in [3.63, 3.8) is 0 Å². The molecule has 0 bridgehead atoms. The quantitative estimate of drug-likeness (QED) is 0.547. The molecule has 0 aliphatic carbocycles. The summed E-state index contributed by atoms with van der Waals surface area (Å²) in [7, 11) is 0. The van der Waals surface area contributed by atoms with Crippen molar-refractivity contribution in [2.24, 2.45) is 0 Å². The number of fused-ring (bicyclic) bond motifs is 1. The summed E-state index contributed by atoms with van der Waals surface area (Å²) in [4.78, 5) is 20.5. The molecule has 0 unspecified atom stereocenters. The van der Waals surface area contributed by atoms with Crippen LogP contribution in [-0.2, 0) is 6.42 Å². The van der Waals surface area contributed by atoms with E-state index in [1.54, 1.807) is 12.1 Å². The lowest BCUT2D eigenvalue weighted by Gasteiger charge is -2.12. The van der Waals surface area contributed by atoms with Crippen LogP contribution in [0.3, 0.4) is 0 Å². The van der Waals surface area contributed by atoms with Gasteiger partial charge >= 0.3 is 0 Å². The number of rotatable bonds is 3. The molecule has 5 heteroatoms. The summed E-state index contributed by atoms with van der Waals surface area (Å²) >= 11 is 1.51. The van der Waals surface area contributed by atoms with E-state index in [2.05, 4.69) is 35.1 Å². The van der Waals surface area contributed by atoms with E-state index in [0.29, 0.717) is 22.3 Å². The summed E-state index contributed by atoms with van der Waals surface area (Å²) < 4.78 is 0. The molecule has 4 rings (SSSR count). The molecule has 0 atom stereocenters. The minimum Gasteiger partial charge on any atom is -0.321 e. The average molecular weight is 371 g/mol. The summed E-state index contributed by atoms with van der Waals surface area (Å²) in [6.07, 6.45) is 0.952. The van der Waals surface area contributed by atoms with E-state index in [1.807, 2.05) is 30.5 Å². The molecular weight excluding hydrogens is 354 g/mol. The maximum atomic E-state index is 13.0. The highest BCUT2D eigenvalue weighted by Crippen LogP contribution is 2.35. The molecule has 0 saturated heterocycles. The molecule has 4 aromatic rings. The van der Waals surface area contributed by atoms with Crippen LogP contribution >= 0.6 is 11.3 Å². The van der Waals surface area contributed by atoms with Crippen molar-refractivity contribution in [3.8, 4) is 28.5 Å². The molecule has 0 radical (unpaired) electrons. The molecular formula is C22H17N3OS. The van der Waals surface area contributed by atoms with Gasteiger partial charge in [0.2, 0.25) is 0 Å². The van der Waals surface area contributed by atoms with Crippen molar-refractivity contribution in [1.82, 2.24) is 9.97 Å². The first kappa shape index (κ1) is 17.2. The first-order chi connectivity index (χ1) is 13.1. The van der Waals surface area contributed by atoms with Crippen molar-refractivity contribution < 1.29 is 0 Å². The third kappa shape index (κ3) is 3.05. The zero-order chi connectivity index (χ0) is 19.0. The third-order valence-corrected chi connectivity index (χ3v) is 5.44. The number of hydrogen-bond acceptors (Lipinski definition) is 4. The second-order valence-corrected chi connectivity index (χ2v) is 7.44. The fourth-order valence-electron chi connectivity index (χ4n) is 3.29. The fourth-order valence-corrected chi connectivity index (χ4v) is 3.90. The normalized spacial score (nSPS) is 10.9. The van der Waals surface area contributed by atoms with Crippen LogP contribution in [0.1, 0.15) is 23.1 Å². The Morgan fingerprint density at radius 2 is 1.93 bits per heavy atom. The molecule has 0 aliphatic heterocycles. The number of nitrogens with one attached hydrogen (secondary N) is 1. The molecule has 0 spiro atoms. The first-order valence-electron chi connectivity index (χ1n) is 8.72. The van der Waals surface area contributed by atoms with E-state index < -0.39 is 0 Å². The highest BCUT2D eigenvalue weighted by atomic mass is 32.1. The molecule has 2 heterocycles. The van der Waals surface area contributed by atoms with Crippen LogP contribution in [0.5, 0.6) is 0 Å². The lowest BCUT2D eigenvalue weighted by molar-refractivity contribution is 1.14. The highest BCUT2D eigenvalue weighted by Gasteiger charge is 2.18. The Kier molecular flexibility index (Phi) is 4.35. The van der Waals surface area contributed by atoms with E-state index in [-0.39, 0.29) is 5.56 Å². The van der Waals surface area contributed by atoms with E-state index in [1.165, 1.54) is 16.9 Å². The van der Waals surface area contributed by atoms with Crippen molar-refractivity contribution in [2.75, 3.05) is 0 Å². The Labute approximate surface area is 160 Å². The molecule has 27 heavy (non-hydrogen) atoms. The summed E-state index contributed by atoms with van der Waals surface area (Å²) in [6, 6.07) is 15.7. The smallest absolute Gasteiger partial charge is 0.258 e. The molecule has 0 aliphatic rings. The number of aromatic amines is 1. The number of aryl methyl sites for hydroxylation is 2. The number of thiazole rings is 1. The van der Waals surface area contributed by atoms with Gasteiger partial charge in [-0.1, -0.05) is 31.2 Å². The van der Waals surface area contributed by atoms with Crippen molar-refractivity contribution in [2.45, 2.75) is 20.3 Å². The predicted octanol–water partition coefficient (Wildman–Crippen LogP) is 5.06. The largest absolute Gasteiger partial charge is 0.321 e. The van der Waals surface area contributed by atoms with Crippen molar-refractivity contribution >= 4 is 22.2 Å². The fraction of sp³-hybridized carbons (Fsp3) is 0.136. The van der Waals surface area contributed by atoms with Gasteiger partial charge in [-0.05, 0) is 42.7 Å². The first-order valence-corrected chi connectivity index (χ1v) is 9.60. The van der Waals surface area contributed by atoms with Gasteiger partial charge in [-0.3, -0.25) is 4.79 Å². The average Bonchev–Trinajstić information content (AvgIpc) is 3.12. The standard InChI is InChI=1S/C22H17N3OS/c1-3-14-4-7-16(8-5-14)20-17-10-15(11-23)6-9-18(17)25-22(26)21(20)19-12-27-13(2)24-19/h4-10,12H,3H2,1-2H3,(H,25,26). The molecule has 0 fully saturated rings. The maximum Gasteiger partial charge on any atom is 0.258 e. The Bertz CT molecular complexity index is 1240. The van der Waals surface area contributed by atoms with E-state index in [0.717, 1.165) is 27.9 Å². The molecule has 2 aromatic carbocycles. The summed E-state index contributed by atoms with van der Waals surface area (Å²) in [5, 5.41) is 13.0. The molecule has 2 aromatic heterocycles. The molecule has 0 amide bonds. The van der Waals surface area contributed by atoms with Crippen molar-refractivity contribution in [3.05, 3.63) is 74.3 Å². The number of aromatic nitrogens is 2. The molecule has 1 N–H and O–H groups in total. The topological polar surface area (TPSA) is 69.5 Å². The Morgan fingerprint density at radius 3 is 2.56 bits per heavy atom. The van der Waals surface area contributed by atoms with Crippen LogP contribution in [0.4, 0.5) is 0 Å². The zero-order valence-corrected chi connectivity index (χ0v) is 15.9. The van der Waals surface area contributed by atoms with Crippen LogP contribution in [0.25, 0.3) is 33.3 Å². The van der Waals surface area contributed by atoms with Crippen LogP contribution < -0.4 is 5.56 Å². The van der Waals surface area contributed by atoms with Crippen molar-refractivity contribution in [1.29, 1.82) is 5.26 Å². The summed E-state index contributed by atoms with van der Waals surface area (Å²) in [6.45, 7) is 4.03. The maximum absolute atomic E-state index is 13.0. The molecule has 0 saturated carbocycles. The second kappa shape index (κ2) is 6.82. The minimum absolute atomic E-state index is 0.174. The van der Waals surface area contributed by atoms with Gasteiger partial charge in [0.05, 0.1) is 27.9 Å². The van der Waals surface area contributed by atoms with Gasteiger partial charge in [0.1, 0.15) is 0 Å². The summed E-state index contributed by atoms with van der Waals surface area (Å²) in [5.41, 5.74) is 5.30. The zero-order valence-electron chi connectivity index (χ0n) is 15.0. The SMILES string of the molecule is CCc1ccc(-c2c(-c3csc(C)n3)c(=O)[nH]c3ccc(C#N)cc23)cc1. The monoisotopic (exact) mass is 371 g/mol. The third-order valence-electron chi connectivity index (χ3n) is 4.67. The van der Waals surface area contributed by atoms with Gasteiger partial charge in [0.25, 0.3) is 5.56 Å². The lowest BCUT2D eigenvalue weighted by Crippen LogP contribution is -2.11. The van der Waals surface area contributed by atoms with Crippen LogP contribution in [0, 0.1) is 18.3 Å². The number of hydrogen-bond donors (Lipinski definition) is 1. The Hall–Kier alpha value is -3.23. The van der Waals surface area contributed by atoms with E-state index in [9.17, 15) is 10.1 Å². The van der Waals surface area contributed by atoms with E-state index >= 15 is 0 Å². The number of benzene rings is 2.